The molecule has 0 aliphatic heterocycles. The summed E-state index contributed by atoms with van der Waals surface area (Å²) in [6, 6.07) is 19.7. The lowest BCUT2D eigenvalue weighted by molar-refractivity contribution is 1.28. The van der Waals surface area contributed by atoms with Gasteiger partial charge in [-0.3, -0.25) is 9.97 Å². The fourth-order valence-corrected chi connectivity index (χ4v) is 4.72. The zero-order valence-electron chi connectivity index (χ0n) is 19.4. The Balaban J connectivity index is 1.94. The first-order valence-corrected chi connectivity index (χ1v) is 11.0. The van der Waals surface area contributed by atoms with Crippen molar-refractivity contribution < 1.29 is 0 Å². The first-order valence-electron chi connectivity index (χ1n) is 11.0. The highest BCUT2D eigenvalue weighted by Gasteiger charge is 2.37. The minimum Gasteiger partial charge on any atom is -0.258 e. The van der Waals surface area contributed by atoms with Crippen molar-refractivity contribution in [2.75, 3.05) is 0 Å². The van der Waals surface area contributed by atoms with Gasteiger partial charge in [-0.2, -0.15) is 5.26 Å². The molecule has 0 N–H and O–H groups in total. The first kappa shape index (κ1) is 23.2. The molecule has 0 radical (unpaired) electrons. The molecule has 8 nitrogen and oxygen atoms in total. The molecule has 0 amide bonds. The van der Waals surface area contributed by atoms with Crippen LogP contribution in [0.25, 0.3) is 48.1 Å². The van der Waals surface area contributed by atoms with Crippen molar-refractivity contribution in [3.05, 3.63) is 140 Å². The molecule has 8 heteroatoms. The van der Waals surface area contributed by atoms with E-state index in [2.05, 4.69) is 30.6 Å². The van der Waals surface area contributed by atoms with E-state index in [0.29, 0.717) is 44.8 Å². The van der Waals surface area contributed by atoms with Gasteiger partial charge in [0.1, 0.15) is 6.07 Å². The van der Waals surface area contributed by atoms with Crippen LogP contribution >= 0.6 is 0 Å². The fourth-order valence-electron chi connectivity index (χ4n) is 4.72. The Morgan fingerprint density at radius 2 is 1.21 bits per heavy atom. The summed E-state index contributed by atoms with van der Waals surface area (Å²) < 4.78 is 0. The summed E-state index contributed by atoms with van der Waals surface area (Å²) in [4.78, 5) is 19.3. The number of benzene rings is 1. The van der Waals surface area contributed by atoms with E-state index < -0.39 is 0 Å². The molecule has 2 aliphatic carbocycles. The fraction of sp³-hybridized carbons (Fsp3) is 0. The van der Waals surface area contributed by atoms with Crippen LogP contribution in [0.4, 0.5) is 0 Å². The Morgan fingerprint density at radius 1 is 0.684 bits per heavy atom. The molecule has 2 aromatic heterocycles. The normalized spacial score (nSPS) is 15.6. The maximum absolute atomic E-state index is 10.2. The Morgan fingerprint density at radius 3 is 1.68 bits per heavy atom. The maximum atomic E-state index is 10.2. The van der Waals surface area contributed by atoms with Crippen LogP contribution < -0.4 is 0 Å². The number of hydrogen-bond donors (Lipinski definition) is 0. The summed E-state index contributed by atoms with van der Waals surface area (Å²) in [5.41, 5.74) is 3.66. The van der Waals surface area contributed by atoms with Crippen molar-refractivity contribution in [2.24, 2.45) is 0 Å². The van der Waals surface area contributed by atoms with E-state index >= 15 is 0 Å². The largest absolute Gasteiger partial charge is 0.270 e. The van der Waals surface area contributed by atoms with Gasteiger partial charge in [-0.25, -0.2) is 25.1 Å². The average Bonchev–Trinajstić information content (AvgIpc) is 3.46. The topological polar surface area (TPSA) is 110 Å². The molecule has 0 atom stereocenters. The second-order valence-electron chi connectivity index (χ2n) is 7.96. The second-order valence-corrected chi connectivity index (χ2v) is 7.96. The van der Waals surface area contributed by atoms with Crippen molar-refractivity contribution in [2.45, 2.75) is 0 Å². The second kappa shape index (κ2) is 9.23. The number of nitrogens with zero attached hydrogens (tertiary/aromatic N) is 8. The van der Waals surface area contributed by atoms with Crippen LogP contribution in [-0.4, -0.2) is 9.97 Å². The van der Waals surface area contributed by atoms with E-state index in [1.165, 1.54) is 0 Å². The molecule has 2 heterocycles. The Labute approximate surface area is 217 Å². The summed E-state index contributed by atoms with van der Waals surface area (Å²) in [6.45, 7) is 23.2. The lowest BCUT2D eigenvalue weighted by Gasteiger charge is -2.11. The number of hydrogen-bond acceptors (Lipinski definition) is 5. The van der Waals surface area contributed by atoms with Gasteiger partial charge in [0.25, 0.3) is 11.4 Å². The lowest BCUT2D eigenvalue weighted by Crippen LogP contribution is -1.95. The number of nitriles is 3. The van der Waals surface area contributed by atoms with E-state index in [1.807, 2.05) is 12.1 Å². The van der Waals surface area contributed by atoms with Crippen molar-refractivity contribution in [3.63, 3.8) is 0 Å². The van der Waals surface area contributed by atoms with Gasteiger partial charge in [-0.1, -0.05) is 18.2 Å². The summed E-state index contributed by atoms with van der Waals surface area (Å²) in [7, 11) is 0. The lowest BCUT2D eigenvalue weighted by atomic mass is 9.93. The molecule has 1 aromatic carbocycles. The number of allylic oxidation sites excluding steroid dienone is 7. The molecule has 5 rings (SSSR count). The monoisotopic (exact) mass is 482 g/mol. The predicted molar refractivity (Wildman–Crippen MR) is 139 cm³/mol. The van der Waals surface area contributed by atoms with Gasteiger partial charge in [0, 0.05) is 29.1 Å². The van der Waals surface area contributed by atoms with Gasteiger partial charge in [-0.05, 0) is 58.2 Å². The van der Waals surface area contributed by atoms with Crippen molar-refractivity contribution in [1.82, 2.24) is 9.97 Å². The zero-order valence-corrected chi connectivity index (χ0v) is 19.4. The molecular formula is C30H10N8. The summed E-state index contributed by atoms with van der Waals surface area (Å²) in [6.07, 6.45) is 3.11. The van der Waals surface area contributed by atoms with Crippen LogP contribution in [0.3, 0.4) is 0 Å². The standard InChI is InChI=1S/C30H10N8/c1-34-24(15-32)26-18-13-20-19(12-17(18)21(14-31)28(26)22-8-4-6-10-37-22)27(25(16-33)35-2)29(30(20)36-3)23-9-5-7-11-38-23/h4-13H/b26-24+,27-25-. The SMILES string of the molecule is [C-]#[N+]C1=C(c2ccccn2)/C(=C(/C#N)[N+]#[C-])c2cc3c(cc21)/C(=C(/C#N)[N+]#[C-])C(c1ccccn1)=C3C#N. The number of aromatic nitrogens is 2. The summed E-state index contributed by atoms with van der Waals surface area (Å²) in [5, 5.41) is 29.8. The van der Waals surface area contributed by atoms with E-state index in [9.17, 15) is 15.8 Å². The Hall–Kier alpha value is -6.58. The Kier molecular flexibility index (Phi) is 5.63. The third-order valence-corrected chi connectivity index (χ3v) is 6.18. The van der Waals surface area contributed by atoms with E-state index in [4.69, 9.17) is 19.7 Å². The summed E-state index contributed by atoms with van der Waals surface area (Å²) in [5.74, 6) is 0. The molecule has 170 valence electrons. The third kappa shape index (κ3) is 3.26. The highest BCUT2D eigenvalue weighted by molar-refractivity contribution is 6.28. The van der Waals surface area contributed by atoms with Gasteiger partial charge in [0.2, 0.25) is 5.70 Å². The van der Waals surface area contributed by atoms with Crippen LogP contribution in [0, 0.1) is 53.7 Å². The molecule has 3 aromatic rings. The molecule has 0 saturated carbocycles. The van der Waals surface area contributed by atoms with E-state index in [1.54, 1.807) is 60.9 Å². The molecular weight excluding hydrogens is 472 g/mol. The highest BCUT2D eigenvalue weighted by Crippen LogP contribution is 2.54. The molecule has 0 spiro atoms. The zero-order chi connectivity index (χ0) is 26.8. The van der Waals surface area contributed by atoms with Crippen LogP contribution in [0.2, 0.25) is 0 Å². The predicted octanol–water partition coefficient (Wildman–Crippen LogP) is 6.03. The first-order chi connectivity index (χ1) is 18.6. The van der Waals surface area contributed by atoms with E-state index in [-0.39, 0.29) is 33.8 Å². The molecule has 0 saturated heterocycles. The Bertz CT molecular complexity index is 1770. The minimum absolute atomic E-state index is 0.179. The van der Waals surface area contributed by atoms with Gasteiger partial charge in [0.15, 0.2) is 0 Å². The minimum atomic E-state index is -0.219. The number of fused-ring (bicyclic) bond motifs is 2. The quantitative estimate of drug-likeness (QED) is 0.327. The van der Waals surface area contributed by atoms with Crippen molar-refractivity contribution >= 4 is 33.6 Å². The van der Waals surface area contributed by atoms with Gasteiger partial charge >= 0.3 is 0 Å². The van der Waals surface area contributed by atoms with Crippen molar-refractivity contribution in [1.29, 1.82) is 15.8 Å². The number of rotatable bonds is 2. The summed E-state index contributed by atoms with van der Waals surface area (Å²) >= 11 is 0. The molecule has 38 heavy (non-hydrogen) atoms. The molecule has 0 unspecified atom stereocenters. The van der Waals surface area contributed by atoms with Gasteiger partial charge in [0.05, 0.1) is 48.8 Å². The molecule has 0 fully saturated rings. The highest BCUT2D eigenvalue weighted by atomic mass is 14.8. The van der Waals surface area contributed by atoms with E-state index in [0.717, 1.165) is 0 Å². The van der Waals surface area contributed by atoms with Crippen LogP contribution in [0.1, 0.15) is 33.6 Å². The smallest absolute Gasteiger partial charge is 0.258 e. The van der Waals surface area contributed by atoms with Gasteiger partial charge in [-0.15, -0.1) is 0 Å². The van der Waals surface area contributed by atoms with Crippen molar-refractivity contribution in [3.8, 4) is 18.2 Å². The molecule has 2 aliphatic rings. The number of pyridine rings is 2. The van der Waals surface area contributed by atoms with Crippen LogP contribution in [-0.2, 0) is 0 Å². The van der Waals surface area contributed by atoms with Crippen LogP contribution in [0.5, 0.6) is 0 Å². The average molecular weight is 482 g/mol. The van der Waals surface area contributed by atoms with Crippen LogP contribution in [0.15, 0.2) is 72.3 Å². The van der Waals surface area contributed by atoms with Gasteiger partial charge < -0.3 is 0 Å². The molecule has 0 bridgehead atoms. The maximum Gasteiger partial charge on any atom is 0.270 e. The third-order valence-electron chi connectivity index (χ3n) is 6.18.